The van der Waals surface area contributed by atoms with Crippen molar-refractivity contribution in [1.29, 1.82) is 0 Å². The molecule has 3 aromatic heterocycles. The number of pyridine rings is 1. The van der Waals surface area contributed by atoms with Gasteiger partial charge in [0.1, 0.15) is 10.7 Å². The number of aromatic nitrogens is 4. The summed E-state index contributed by atoms with van der Waals surface area (Å²) in [6, 6.07) is 12.0. The van der Waals surface area contributed by atoms with Crippen LogP contribution in [-0.2, 0) is 6.54 Å². The van der Waals surface area contributed by atoms with Gasteiger partial charge < -0.3 is 0 Å². The lowest BCUT2D eigenvalue weighted by Gasteiger charge is -2.31. The maximum Gasteiger partial charge on any atom is 0.107 e. The zero-order valence-electron chi connectivity index (χ0n) is 16.5. The van der Waals surface area contributed by atoms with Gasteiger partial charge in [-0.2, -0.15) is 5.10 Å². The van der Waals surface area contributed by atoms with Crippen molar-refractivity contribution in [3.05, 3.63) is 76.1 Å². The molecule has 1 aliphatic rings. The van der Waals surface area contributed by atoms with E-state index in [1.165, 1.54) is 16.3 Å². The molecule has 30 heavy (non-hydrogen) atoms. The van der Waals surface area contributed by atoms with Crippen molar-refractivity contribution in [2.24, 2.45) is 0 Å². The molecule has 1 fully saturated rings. The average molecular weight is 436 g/mol. The Morgan fingerprint density at radius 2 is 1.77 bits per heavy atom. The number of hydrogen-bond donors (Lipinski definition) is 1. The Labute approximate surface area is 184 Å². The minimum Gasteiger partial charge on any atom is -0.297 e. The second kappa shape index (κ2) is 8.68. The van der Waals surface area contributed by atoms with Crippen molar-refractivity contribution in [2.45, 2.75) is 25.3 Å². The maximum absolute atomic E-state index is 6.10. The molecule has 4 aromatic rings. The quantitative estimate of drug-likeness (QED) is 0.441. The van der Waals surface area contributed by atoms with Crippen molar-refractivity contribution in [1.82, 2.24) is 25.1 Å². The van der Waals surface area contributed by atoms with Gasteiger partial charge in [0.05, 0.1) is 6.54 Å². The van der Waals surface area contributed by atoms with Crippen molar-refractivity contribution in [3.8, 4) is 22.4 Å². The summed E-state index contributed by atoms with van der Waals surface area (Å²) in [5.41, 5.74) is 5.58. The SMILES string of the molecule is Clc1ccc(-c2n[nH]c(C3CCN(Cc4nccs4)CC3)c2-c2ccncc2)cc1. The number of piperidine rings is 1. The van der Waals surface area contributed by atoms with Gasteiger partial charge in [-0.3, -0.25) is 15.0 Å². The lowest BCUT2D eigenvalue weighted by molar-refractivity contribution is 0.203. The number of rotatable bonds is 5. The van der Waals surface area contributed by atoms with E-state index in [1.54, 1.807) is 11.3 Å². The van der Waals surface area contributed by atoms with Crippen LogP contribution in [0.25, 0.3) is 22.4 Å². The number of likely N-dealkylation sites (tertiary alicyclic amines) is 1. The Balaban J connectivity index is 1.43. The molecule has 1 saturated heterocycles. The van der Waals surface area contributed by atoms with E-state index in [0.717, 1.165) is 54.3 Å². The normalized spacial score (nSPS) is 15.5. The molecule has 0 radical (unpaired) electrons. The zero-order chi connectivity index (χ0) is 20.3. The van der Waals surface area contributed by atoms with Gasteiger partial charge in [0.2, 0.25) is 0 Å². The minimum absolute atomic E-state index is 0.453. The predicted molar refractivity (Wildman–Crippen MR) is 122 cm³/mol. The fourth-order valence-corrected chi connectivity index (χ4v) is 4.96. The Morgan fingerprint density at radius 3 is 2.47 bits per heavy atom. The van der Waals surface area contributed by atoms with E-state index >= 15 is 0 Å². The summed E-state index contributed by atoms with van der Waals surface area (Å²) in [5.74, 6) is 0.453. The number of aromatic amines is 1. The van der Waals surface area contributed by atoms with Gasteiger partial charge in [-0.15, -0.1) is 11.3 Å². The van der Waals surface area contributed by atoms with Crippen LogP contribution in [0, 0.1) is 0 Å². The third kappa shape index (κ3) is 4.03. The first-order chi connectivity index (χ1) is 14.8. The second-order valence-electron chi connectivity index (χ2n) is 7.58. The van der Waals surface area contributed by atoms with Gasteiger partial charge in [0, 0.05) is 51.7 Å². The van der Waals surface area contributed by atoms with Crippen LogP contribution in [0.1, 0.15) is 29.5 Å². The van der Waals surface area contributed by atoms with Crippen LogP contribution in [0.3, 0.4) is 0 Å². The summed E-state index contributed by atoms with van der Waals surface area (Å²) in [6.07, 6.45) is 7.77. The molecular weight excluding hydrogens is 414 g/mol. The number of nitrogens with zero attached hydrogens (tertiary/aromatic N) is 4. The summed E-state index contributed by atoms with van der Waals surface area (Å²) in [6.45, 7) is 3.07. The number of nitrogens with one attached hydrogen (secondary N) is 1. The van der Waals surface area contributed by atoms with Crippen LogP contribution < -0.4 is 0 Å². The van der Waals surface area contributed by atoms with Crippen LogP contribution in [0.4, 0.5) is 0 Å². The Bertz CT molecular complexity index is 1080. The average Bonchev–Trinajstić information content (AvgIpc) is 3.46. The highest BCUT2D eigenvalue weighted by Gasteiger charge is 2.27. The Morgan fingerprint density at radius 1 is 1.00 bits per heavy atom. The minimum atomic E-state index is 0.453. The van der Waals surface area contributed by atoms with Crippen molar-refractivity contribution < 1.29 is 0 Å². The van der Waals surface area contributed by atoms with Crippen molar-refractivity contribution in [2.75, 3.05) is 13.1 Å². The standard InChI is InChI=1S/C23H22ClN5S/c24-19-3-1-17(2-4-19)22-21(16-5-9-25-10-6-16)23(28-27-22)18-7-12-29(13-8-18)15-20-26-11-14-30-20/h1-6,9-11,14,18H,7-8,12-13,15H2,(H,27,28). The molecule has 7 heteroatoms. The first kappa shape index (κ1) is 19.4. The van der Waals surface area contributed by atoms with Crippen LogP contribution in [-0.4, -0.2) is 38.2 Å². The first-order valence-electron chi connectivity index (χ1n) is 10.1. The number of hydrogen-bond acceptors (Lipinski definition) is 5. The molecule has 0 unspecified atom stereocenters. The van der Waals surface area contributed by atoms with E-state index in [9.17, 15) is 0 Å². The molecule has 4 heterocycles. The van der Waals surface area contributed by atoms with Crippen LogP contribution >= 0.6 is 22.9 Å². The second-order valence-corrected chi connectivity index (χ2v) is 9.00. The molecule has 0 atom stereocenters. The highest BCUT2D eigenvalue weighted by Crippen LogP contribution is 2.40. The monoisotopic (exact) mass is 435 g/mol. The molecule has 1 aliphatic heterocycles. The summed E-state index contributed by atoms with van der Waals surface area (Å²) in [7, 11) is 0. The van der Waals surface area contributed by atoms with Gasteiger partial charge in [-0.25, -0.2) is 4.98 Å². The van der Waals surface area contributed by atoms with Gasteiger partial charge in [-0.05, 0) is 55.8 Å². The molecule has 0 amide bonds. The number of H-pyrrole nitrogens is 1. The van der Waals surface area contributed by atoms with Gasteiger partial charge in [0.25, 0.3) is 0 Å². The molecule has 5 nitrogen and oxygen atoms in total. The molecule has 152 valence electrons. The smallest absolute Gasteiger partial charge is 0.107 e. The maximum atomic E-state index is 6.10. The molecule has 0 bridgehead atoms. The summed E-state index contributed by atoms with van der Waals surface area (Å²) in [4.78, 5) is 11.1. The van der Waals surface area contributed by atoms with E-state index in [1.807, 2.05) is 48.2 Å². The van der Waals surface area contributed by atoms with Gasteiger partial charge in [0.15, 0.2) is 0 Å². The fourth-order valence-electron chi connectivity index (χ4n) is 4.18. The third-order valence-corrected chi connectivity index (χ3v) is 6.74. The van der Waals surface area contributed by atoms with E-state index in [2.05, 4.69) is 32.1 Å². The molecule has 5 rings (SSSR count). The molecular formula is C23H22ClN5S. The number of halogens is 1. The topological polar surface area (TPSA) is 57.7 Å². The van der Waals surface area contributed by atoms with E-state index in [4.69, 9.17) is 16.7 Å². The predicted octanol–water partition coefficient (Wildman–Crippen LogP) is 5.63. The number of benzene rings is 1. The lowest BCUT2D eigenvalue weighted by Crippen LogP contribution is -2.32. The van der Waals surface area contributed by atoms with Crippen LogP contribution in [0.15, 0.2) is 60.4 Å². The van der Waals surface area contributed by atoms with Gasteiger partial charge >= 0.3 is 0 Å². The van der Waals surface area contributed by atoms with Crippen LogP contribution in [0.2, 0.25) is 5.02 Å². The lowest BCUT2D eigenvalue weighted by atomic mass is 9.88. The molecule has 0 saturated carbocycles. The van der Waals surface area contributed by atoms with Crippen LogP contribution in [0.5, 0.6) is 0 Å². The fraction of sp³-hybridized carbons (Fsp3) is 0.261. The van der Waals surface area contributed by atoms with Gasteiger partial charge in [-0.1, -0.05) is 23.7 Å². The third-order valence-electron chi connectivity index (χ3n) is 5.72. The highest BCUT2D eigenvalue weighted by molar-refractivity contribution is 7.09. The first-order valence-corrected chi connectivity index (χ1v) is 11.4. The Hall–Kier alpha value is -2.54. The summed E-state index contributed by atoms with van der Waals surface area (Å²) >= 11 is 7.83. The highest BCUT2D eigenvalue weighted by atomic mass is 35.5. The Kier molecular flexibility index (Phi) is 5.62. The summed E-state index contributed by atoms with van der Waals surface area (Å²) in [5, 5.41) is 12.1. The molecule has 1 N–H and O–H groups in total. The van der Waals surface area contributed by atoms with E-state index < -0.39 is 0 Å². The molecule has 0 spiro atoms. The number of thiazole rings is 1. The molecule has 1 aromatic carbocycles. The molecule has 0 aliphatic carbocycles. The van der Waals surface area contributed by atoms with E-state index in [-0.39, 0.29) is 0 Å². The van der Waals surface area contributed by atoms with E-state index in [0.29, 0.717) is 5.92 Å². The zero-order valence-corrected chi connectivity index (χ0v) is 18.0. The summed E-state index contributed by atoms with van der Waals surface area (Å²) < 4.78 is 0. The van der Waals surface area contributed by atoms with Crippen molar-refractivity contribution >= 4 is 22.9 Å². The largest absolute Gasteiger partial charge is 0.297 e. The van der Waals surface area contributed by atoms with Crippen molar-refractivity contribution in [3.63, 3.8) is 0 Å².